The Morgan fingerprint density at radius 3 is 2.25 bits per heavy atom. The number of piperidine rings is 1. The molecule has 2 aromatic carbocycles. The first kappa shape index (κ1) is 37.2. The van der Waals surface area contributed by atoms with Crippen LogP contribution in [0, 0.1) is 5.41 Å². The molecule has 0 saturated carbocycles. The lowest BCUT2D eigenvalue weighted by molar-refractivity contribution is -0.136. The average molecular weight is 753 g/mol. The van der Waals surface area contributed by atoms with Gasteiger partial charge in [-0.15, -0.1) is 0 Å². The highest BCUT2D eigenvalue weighted by Crippen LogP contribution is 2.43. The molecule has 2 N–H and O–H groups in total. The monoisotopic (exact) mass is 752 g/mol. The summed E-state index contributed by atoms with van der Waals surface area (Å²) in [4.78, 5) is 80.9. The molecule has 3 fully saturated rings. The van der Waals surface area contributed by atoms with E-state index < -0.39 is 29.7 Å². The first-order chi connectivity index (χ1) is 26.5. The Hall–Kier alpha value is -6.13. The summed E-state index contributed by atoms with van der Waals surface area (Å²) in [7, 11) is 5.05. The van der Waals surface area contributed by atoms with Crippen molar-refractivity contribution in [3.05, 3.63) is 82.0 Å². The van der Waals surface area contributed by atoms with E-state index >= 15 is 0 Å². The van der Waals surface area contributed by atoms with Crippen molar-refractivity contribution in [2.24, 2.45) is 12.5 Å². The number of carbonyl (C=O) groups excluding carboxylic acids is 4. The van der Waals surface area contributed by atoms with Crippen molar-refractivity contribution in [2.75, 3.05) is 53.6 Å². The molecule has 0 aliphatic carbocycles. The molecule has 286 valence electrons. The van der Waals surface area contributed by atoms with Crippen LogP contribution >= 0.6 is 0 Å². The molecule has 1 spiro atoms. The number of imide groups is 2. The molecule has 1 atom stereocenters. The van der Waals surface area contributed by atoms with Crippen LogP contribution in [-0.2, 0) is 28.0 Å². The van der Waals surface area contributed by atoms with Crippen molar-refractivity contribution >= 4 is 40.9 Å². The Bertz CT molecular complexity index is 2250. The van der Waals surface area contributed by atoms with Crippen molar-refractivity contribution in [1.29, 1.82) is 0 Å². The van der Waals surface area contributed by atoms with Crippen LogP contribution in [0.5, 0.6) is 17.2 Å². The Labute approximate surface area is 315 Å². The fourth-order valence-corrected chi connectivity index (χ4v) is 8.17. The number of ether oxygens (including phenoxy) is 3. The fourth-order valence-electron chi connectivity index (χ4n) is 8.17. The van der Waals surface area contributed by atoms with E-state index in [4.69, 9.17) is 24.1 Å². The second-order valence-electron chi connectivity index (χ2n) is 14.2. The highest BCUT2D eigenvalue weighted by molar-refractivity contribution is 6.23. The number of amides is 4. The van der Waals surface area contributed by atoms with Gasteiger partial charge in [0.25, 0.3) is 23.8 Å². The summed E-state index contributed by atoms with van der Waals surface area (Å²) in [6.45, 7) is 5.35. The topological polar surface area (TPSA) is 190 Å². The number of likely N-dealkylation sites (tertiary alicyclic amines) is 2. The number of aryl methyl sites for hydroxylation is 1. The van der Waals surface area contributed by atoms with Gasteiger partial charge < -0.3 is 23.9 Å². The molecule has 2 aromatic heterocycles. The number of nitrogens with one attached hydrogen (secondary N) is 1. The number of pyridine rings is 2. The number of rotatable bonds is 10. The number of aromatic nitrogens is 2. The summed E-state index contributed by atoms with van der Waals surface area (Å²) < 4.78 is 19.3. The number of nitrogens with zero attached hydrogens (tertiary/aromatic N) is 5. The number of hydrogen-bond donors (Lipinski definition) is 2. The van der Waals surface area contributed by atoms with Crippen LogP contribution in [0.3, 0.4) is 0 Å². The van der Waals surface area contributed by atoms with Gasteiger partial charge in [0.1, 0.15) is 29.9 Å². The van der Waals surface area contributed by atoms with Crippen LogP contribution < -0.4 is 25.1 Å². The van der Waals surface area contributed by atoms with Crippen molar-refractivity contribution in [1.82, 2.24) is 29.6 Å². The predicted octanol–water partition coefficient (Wildman–Crippen LogP) is 1.92. The zero-order valence-corrected chi connectivity index (χ0v) is 30.6. The molecule has 4 aromatic rings. The van der Waals surface area contributed by atoms with E-state index in [0.29, 0.717) is 30.8 Å². The summed E-state index contributed by atoms with van der Waals surface area (Å²) in [6.07, 6.45) is 5.30. The van der Waals surface area contributed by atoms with Gasteiger partial charge in [0.15, 0.2) is 0 Å². The lowest BCUT2D eigenvalue weighted by Gasteiger charge is -2.60. The number of methoxy groups -OCH3 is 2. The third kappa shape index (κ3) is 6.89. The molecule has 4 aliphatic rings. The Kier molecular flexibility index (Phi) is 10.1. The van der Waals surface area contributed by atoms with Gasteiger partial charge in [0.2, 0.25) is 11.8 Å². The average Bonchev–Trinajstić information content (AvgIpc) is 3.39. The number of carboxylic acid groups (broad SMARTS) is 1. The van der Waals surface area contributed by atoms with Crippen LogP contribution in [0.2, 0.25) is 0 Å². The number of benzene rings is 2. The maximum Gasteiger partial charge on any atom is 0.290 e. The van der Waals surface area contributed by atoms with Gasteiger partial charge in [-0.3, -0.25) is 53.8 Å². The van der Waals surface area contributed by atoms with E-state index in [2.05, 4.69) is 20.1 Å². The lowest BCUT2D eigenvalue weighted by Crippen LogP contribution is -2.71. The van der Waals surface area contributed by atoms with Crippen molar-refractivity contribution < 1.29 is 43.3 Å². The summed E-state index contributed by atoms with van der Waals surface area (Å²) >= 11 is 0. The Morgan fingerprint density at radius 1 is 0.909 bits per heavy atom. The van der Waals surface area contributed by atoms with Crippen molar-refractivity contribution in [3.63, 3.8) is 0 Å². The molecule has 16 heteroatoms. The third-order valence-corrected chi connectivity index (χ3v) is 10.6. The molecule has 0 radical (unpaired) electrons. The van der Waals surface area contributed by atoms with Crippen LogP contribution in [0.1, 0.15) is 39.1 Å². The first-order valence-electron chi connectivity index (χ1n) is 17.7. The number of fused-ring (bicyclic) bond motifs is 2. The fraction of sp³-hybridized carbons (Fsp3) is 0.359. The van der Waals surface area contributed by atoms with Gasteiger partial charge >= 0.3 is 0 Å². The van der Waals surface area contributed by atoms with Crippen LogP contribution in [0.4, 0.5) is 0 Å². The van der Waals surface area contributed by atoms with E-state index in [1.807, 2.05) is 24.4 Å². The Morgan fingerprint density at radius 2 is 1.58 bits per heavy atom. The second-order valence-corrected chi connectivity index (χ2v) is 14.2. The molecule has 0 bridgehead atoms. The van der Waals surface area contributed by atoms with Crippen LogP contribution in [0.15, 0.2) is 59.8 Å². The number of hydrogen-bond acceptors (Lipinski definition) is 12. The standard InChI is InChI=1S/C38H38N6O8.CH2O2/c1-41-16-28(24-8-9-39-15-27(24)35(41)47)22-12-31(50-2)29(32(13-22)51-3)17-43-20-38(21-43)18-42(19-38)10-11-52-23-4-5-25-26(14-23)37(49)44(36(25)48)30-6-7-33(45)40-34(30)46;2-1-3/h4-5,8-9,12-16,30H,6-7,10-11,17-21H2,1-3H3,(H,40,45,46);1H,(H,2,3). The highest BCUT2D eigenvalue weighted by Gasteiger charge is 2.51. The van der Waals surface area contributed by atoms with Gasteiger partial charge in [-0.2, -0.15) is 0 Å². The van der Waals surface area contributed by atoms with Crippen molar-refractivity contribution in [3.8, 4) is 28.4 Å². The number of carbonyl (C=O) groups is 5. The molecule has 1 unspecified atom stereocenters. The van der Waals surface area contributed by atoms with Crippen molar-refractivity contribution in [2.45, 2.75) is 25.4 Å². The second kappa shape index (κ2) is 14.9. The quantitative estimate of drug-likeness (QED) is 0.177. The molecule has 6 heterocycles. The predicted molar refractivity (Wildman–Crippen MR) is 197 cm³/mol. The normalized spacial score (nSPS) is 18.9. The first-order valence-corrected chi connectivity index (χ1v) is 17.7. The van der Waals surface area contributed by atoms with E-state index in [9.17, 15) is 24.0 Å². The van der Waals surface area contributed by atoms with E-state index in [-0.39, 0.29) is 41.4 Å². The minimum absolute atomic E-state index is 0.0719. The SMILES string of the molecule is COc1cc(-c2cn(C)c(=O)c3cnccc23)cc(OC)c1CN1CC2(CN(CCOc3ccc4c(c3)C(=O)N(C3CCC(=O)NC3=O)C4=O)C2)C1.O=CO. The maximum atomic E-state index is 13.1. The van der Waals surface area contributed by atoms with Crippen LogP contribution in [0.25, 0.3) is 21.9 Å². The van der Waals surface area contributed by atoms with Gasteiger partial charge in [0, 0.05) is 82.3 Å². The third-order valence-electron chi connectivity index (χ3n) is 10.6. The maximum absolute atomic E-state index is 13.1. The van der Waals surface area contributed by atoms with Crippen LogP contribution in [-0.4, -0.2) is 119 Å². The smallest absolute Gasteiger partial charge is 0.290 e. The summed E-state index contributed by atoms with van der Waals surface area (Å²) in [5, 5.41) is 10.5. The van der Waals surface area contributed by atoms with Gasteiger partial charge in [-0.1, -0.05) is 0 Å². The zero-order chi connectivity index (χ0) is 39.0. The van der Waals surface area contributed by atoms with Gasteiger partial charge in [-0.25, -0.2) is 0 Å². The van der Waals surface area contributed by atoms with E-state index in [1.165, 1.54) is 0 Å². The molecule has 8 rings (SSSR count). The largest absolute Gasteiger partial charge is 0.496 e. The summed E-state index contributed by atoms with van der Waals surface area (Å²) in [6, 6.07) is 9.63. The molecule has 55 heavy (non-hydrogen) atoms. The summed E-state index contributed by atoms with van der Waals surface area (Å²) in [5.74, 6) is -0.216. The van der Waals surface area contributed by atoms with Gasteiger partial charge in [0.05, 0.1) is 36.3 Å². The molecular weight excluding hydrogens is 712 g/mol. The molecule has 16 nitrogen and oxygen atoms in total. The summed E-state index contributed by atoms with van der Waals surface area (Å²) in [5.41, 5.74) is 3.29. The van der Waals surface area contributed by atoms with E-state index in [0.717, 1.165) is 64.7 Å². The molecular formula is C39H40N6O10. The molecule has 4 amide bonds. The van der Waals surface area contributed by atoms with Gasteiger partial charge in [-0.05, 0) is 53.8 Å². The lowest BCUT2D eigenvalue weighted by atomic mass is 9.72. The molecule has 4 aliphatic heterocycles. The minimum Gasteiger partial charge on any atom is -0.496 e. The highest BCUT2D eigenvalue weighted by atomic mass is 16.5. The Balaban J connectivity index is 0.00000150. The minimum atomic E-state index is -1.00. The molecule has 3 saturated heterocycles. The van der Waals surface area contributed by atoms with E-state index in [1.54, 1.807) is 56.4 Å². The zero-order valence-electron chi connectivity index (χ0n) is 30.6.